The number of rotatable bonds is 13. The lowest BCUT2D eigenvalue weighted by Gasteiger charge is -2.11. The highest BCUT2D eigenvalue weighted by atomic mass is 79.9. The molecular formula is C17H25BrF2N2O2S. The molecule has 0 aromatic carbocycles. The fourth-order valence-electron chi connectivity index (χ4n) is 1.54. The fourth-order valence-corrected chi connectivity index (χ4v) is 2.72. The second-order valence-corrected chi connectivity index (χ2v) is 6.91. The Morgan fingerprint density at radius 1 is 1.36 bits per heavy atom. The summed E-state index contributed by atoms with van der Waals surface area (Å²) in [5.41, 5.74) is 1.53. The van der Waals surface area contributed by atoms with Crippen molar-refractivity contribution >= 4 is 34.5 Å². The van der Waals surface area contributed by atoms with Gasteiger partial charge in [0.15, 0.2) is 0 Å². The first-order chi connectivity index (χ1) is 11.9. The number of carbonyl (C=O) groups is 1. The summed E-state index contributed by atoms with van der Waals surface area (Å²) in [5, 5.41) is 3.19. The van der Waals surface area contributed by atoms with Crippen LogP contribution in [0.25, 0.3) is 0 Å². The van der Waals surface area contributed by atoms with Crippen molar-refractivity contribution in [2.75, 3.05) is 13.2 Å². The number of carbonyl (C=O) groups excluding carboxylic acids is 1. The highest BCUT2D eigenvalue weighted by Gasteiger charge is 2.03. The molecule has 4 nitrogen and oxygen atoms in total. The predicted octanol–water partition coefficient (Wildman–Crippen LogP) is 5.02. The molecular weight excluding hydrogens is 414 g/mol. The molecule has 0 aromatic rings. The van der Waals surface area contributed by atoms with E-state index in [1.54, 1.807) is 38.3 Å². The third-order valence-corrected chi connectivity index (χ3v) is 4.19. The molecule has 142 valence electrons. The topological polar surface area (TPSA) is 50.4 Å². The van der Waals surface area contributed by atoms with Gasteiger partial charge >= 0.3 is 0 Å². The number of hydrogen-bond donors (Lipinski definition) is 2. The largest absolute Gasteiger partial charge is 0.391 e. The normalized spacial score (nSPS) is 13.7. The summed E-state index contributed by atoms with van der Waals surface area (Å²) >= 11 is 4.39. The van der Waals surface area contributed by atoms with Gasteiger partial charge in [0.2, 0.25) is 0 Å². The van der Waals surface area contributed by atoms with Gasteiger partial charge in [-0.2, -0.15) is 8.78 Å². The van der Waals surface area contributed by atoms with Crippen molar-refractivity contribution in [3.05, 3.63) is 47.4 Å². The summed E-state index contributed by atoms with van der Waals surface area (Å²) in [5.74, 6) is 0. The average molecular weight is 439 g/mol. The van der Waals surface area contributed by atoms with Crippen LogP contribution in [-0.4, -0.2) is 24.7 Å². The minimum atomic E-state index is -1.59. The van der Waals surface area contributed by atoms with E-state index in [9.17, 15) is 13.6 Å². The Morgan fingerprint density at radius 3 is 2.64 bits per heavy atom. The minimum Gasteiger partial charge on any atom is -0.391 e. The molecule has 0 saturated carbocycles. The van der Waals surface area contributed by atoms with Crippen LogP contribution in [0.1, 0.15) is 33.6 Å². The van der Waals surface area contributed by atoms with E-state index in [1.807, 2.05) is 6.92 Å². The van der Waals surface area contributed by atoms with E-state index < -0.39 is 6.08 Å². The zero-order valence-electron chi connectivity index (χ0n) is 14.7. The molecule has 0 amide bonds. The fraction of sp³-hybridized carbons (Fsp3) is 0.471. The van der Waals surface area contributed by atoms with Crippen LogP contribution in [-0.2, 0) is 8.62 Å². The monoisotopic (exact) mass is 438 g/mol. The molecule has 0 aromatic heterocycles. The van der Waals surface area contributed by atoms with E-state index in [2.05, 4.69) is 26.3 Å². The van der Waals surface area contributed by atoms with Gasteiger partial charge in [-0.25, -0.2) is 0 Å². The highest BCUT2D eigenvalue weighted by Crippen LogP contribution is 2.14. The van der Waals surface area contributed by atoms with Crippen molar-refractivity contribution in [3.63, 3.8) is 0 Å². The molecule has 0 spiro atoms. The van der Waals surface area contributed by atoms with Crippen LogP contribution in [0.3, 0.4) is 0 Å². The summed E-state index contributed by atoms with van der Waals surface area (Å²) in [6.45, 7) is 6.37. The quantitative estimate of drug-likeness (QED) is 0.139. The van der Waals surface area contributed by atoms with Gasteiger partial charge in [0.05, 0.1) is 22.9 Å². The Kier molecular flexibility index (Phi) is 14.5. The van der Waals surface area contributed by atoms with Gasteiger partial charge < -0.3 is 13.9 Å². The summed E-state index contributed by atoms with van der Waals surface area (Å²) < 4.78 is 33.2. The van der Waals surface area contributed by atoms with Gasteiger partial charge in [-0.05, 0) is 68.1 Å². The van der Waals surface area contributed by atoms with E-state index >= 15 is 0 Å². The number of hydrogen-bond acceptors (Lipinski definition) is 5. The van der Waals surface area contributed by atoms with Crippen LogP contribution >= 0.6 is 28.2 Å². The lowest BCUT2D eigenvalue weighted by molar-refractivity contribution is -0.104. The SMILES string of the molecule is CCC(CCN/C=C/C(=C\C=C(/C)C=O)NS[C@@H](C)COBr)=C(F)F. The molecule has 0 heterocycles. The third-order valence-electron chi connectivity index (χ3n) is 3.03. The lowest BCUT2D eigenvalue weighted by Crippen LogP contribution is -2.13. The van der Waals surface area contributed by atoms with Crippen LogP contribution in [0.2, 0.25) is 0 Å². The maximum atomic E-state index is 12.5. The van der Waals surface area contributed by atoms with E-state index in [0.29, 0.717) is 31.6 Å². The molecule has 0 bridgehead atoms. The maximum absolute atomic E-state index is 12.5. The first-order valence-corrected chi connectivity index (χ1v) is 9.39. The Bertz CT molecular complexity index is 519. The van der Waals surface area contributed by atoms with Crippen molar-refractivity contribution < 1.29 is 17.4 Å². The van der Waals surface area contributed by atoms with Gasteiger partial charge in [0, 0.05) is 17.5 Å². The smallest absolute Gasteiger partial charge is 0.269 e. The molecule has 0 aliphatic carbocycles. The third kappa shape index (κ3) is 12.8. The maximum Gasteiger partial charge on any atom is 0.269 e. The minimum absolute atomic E-state index is 0.165. The van der Waals surface area contributed by atoms with Gasteiger partial charge in [-0.15, -0.1) is 0 Å². The highest BCUT2D eigenvalue weighted by molar-refractivity contribution is 9.06. The molecule has 8 heteroatoms. The molecule has 2 N–H and O–H groups in total. The van der Waals surface area contributed by atoms with Gasteiger partial charge in [0.1, 0.15) is 6.29 Å². The summed E-state index contributed by atoms with van der Waals surface area (Å²) in [6, 6.07) is 0. The molecule has 0 unspecified atom stereocenters. The summed E-state index contributed by atoms with van der Waals surface area (Å²) in [7, 11) is 0. The van der Waals surface area contributed by atoms with Crippen LogP contribution in [0, 0.1) is 0 Å². The number of halogens is 3. The zero-order chi connectivity index (χ0) is 19.1. The Balaban J connectivity index is 4.65. The lowest BCUT2D eigenvalue weighted by atomic mass is 10.1. The average Bonchev–Trinajstić information content (AvgIpc) is 2.59. The Hall–Kier alpha value is -1.12. The number of aldehydes is 1. The second-order valence-electron chi connectivity index (χ2n) is 5.21. The standard InChI is InChI=1S/C17H25BrF2N2O2S/c1-4-15(17(19)20)7-9-21-10-8-16(6-5-13(2)11-23)22-25-14(3)12-24-18/h5-6,8,10-11,14,21-22H,4,7,9,12H2,1-3H3/b10-8+,13-5+,16-6+/t14-/m0/s1. The summed E-state index contributed by atoms with van der Waals surface area (Å²) in [6.07, 6.45) is 6.77. The van der Waals surface area contributed by atoms with E-state index in [-0.39, 0.29) is 10.8 Å². The first-order valence-electron chi connectivity index (χ1n) is 7.86. The van der Waals surface area contributed by atoms with Gasteiger partial charge in [-0.3, -0.25) is 4.79 Å². The first kappa shape index (κ1) is 23.9. The molecule has 0 rings (SSSR count). The molecule has 0 fully saturated rings. The van der Waals surface area contributed by atoms with Crippen molar-refractivity contribution in [2.24, 2.45) is 0 Å². The molecule has 0 aliphatic heterocycles. The van der Waals surface area contributed by atoms with Crippen LogP contribution < -0.4 is 10.0 Å². The second kappa shape index (κ2) is 15.2. The zero-order valence-corrected chi connectivity index (χ0v) is 17.1. The van der Waals surface area contributed by atoms with Crippen molar-refractivity contribution in [3.8, 4) is 0 Å². The van der Waals surface area contributed by atoms with Crippen molar-refractivity contribution in [1.29, 1.82) is 0 Å². The van der Waals surface area contributed by atoms with Gasteiger partial charge in [0.25, 0.3) is 6.08 Å². The number of nitrogens with one attached hydrogen (secondary N) is 2. The van der Waals surface area contributed by atoms with Crippen molar-refractivity contribution in [2.45, 2.75) is 38.9 Å². The van der Waals surface area contributed by atoms with Gasteiger partial charge in [-0.1, -0.05) is 13.0 Å². The van der Waals surface area contributed by atoms with Crippen molar-refractivity contribution in [1.82, 2.24) is 10.0 Å². The number of allylic oxidation sites excluding steroid dienone is 4. The molecule has 0 radical (unpaired) electrons. The predicted molar refractivity (Wildman–Crippen MR) is 104 cm³/mol. The molecule has 1 atom stereocenters. The summed E-state index contributed by atoms with van der Waals surface area (Å²) in [4.78, 5) is 10.7. The van der Waals surface area contributed by atoms with Crippen LogP contribution in [0.15, 0.2) is 47.4 Å². The molecule has 0 saturated heterocycles. The van der Waals surface area contributed by atoms with E-state index in [4.69, 9.17) is 3.83 Å². The van der Waals surface area contributed by atoms with E-state index in [1.165, 1.54) is 11.9 Å². The molecule has 0 aliphatic rings. The van der Waals surface area contributed by atoms with E-state index in [0.717, 1.165) is 12.0 Å². The Morgan fingerprint density at radius 2 is 2.08 bits per heavy atom. The Labute approximate surface area is 161 Å². The molecule has 25 heavy (non-hydrogen) atoms. The van der Waals surface area contributed by atoms with Crippen LogP contribution in [0.5, 0.6) is 0 Å². The van der Waals surface area contributed by atoms with Crippen LogP contribution in [0.4, 0.5) is 8.78 Å².